The maximum Gasteiger partial charge on any atom is 0 e. The van der Waals surface area contributed by atoms with E-state index in [1.807, 2.05) is 0 Å². The lowest BCUT2D eigenvalue weighted by Crippen LogP contribution is -1.85. The Balaban J connectivity index is 0.000000160. The minimum Gasteiger partial charge on any atom is -0.0533 e. The summed E-state index contributed by atoms with van der Waals surface area (Å²) in [5, 5.41) is 0. The largest absolute Gasteiger partial charge is 0.0533 e. The van der Waals surface area contributed by atoms with Gasteiger partial charge < -0.3 is 0 Å². The third-order valence-corrected chi connectivity index (χ3v) is 1.000. The highest BCUT2D eigenvalue weighted by Crippen LogP contribution is 2.15. The summed E-state index contributed by atoms with van der Waals surface area (Å²) in [7, 11) is 0. The van der Waals surface area contributed by atoms with Crippen molar-refractivity contribution in [2.75, 3.05) is 0 Å². The minimum atomic E-state index is 0. The highest BCUT2D eigenvalue weighted by molar-refractivity contribution is 4.50. The van der Waals surface area contributed by atoms with Crippen molar-refractivity contribution in [3.05, 3.63) is 0 Å². The Morgan fingerprint density at radius 1 is 0.750 bits per heavy atom. The van der Waals surface area contributed by atoms with Gasteiger partial charge in [-0.3, -0.25) is 0 Å². The van der Waals surface area contributed by atoms with Crippen molar-refractivity contribution in [1.29, 1.82) is 0 Å². The van der Waals surface area contributed by atoms with Gasteiger partial charge in [0.25, 0.3) is 0 Å². The number of hydrogen-bond acceptors (Lipinski definition) is 0. The van der Waals surface area contributed by atoms with E-state index >= 15 is 0 Å². The van der Waals surface area contributed by atoms with Gasteiger partial charge in [-0.15, -0.1) is 0 Å². The third kappa shape index (κ3) is 0.125. The first-order chi connectivity index (χ1) is 2.00. The van der Waals surface area contributed by atoms with Crippen LogP contribution in [0.2, 0.25) is 0 Å². The van der Waals surface area contributed by atoms with Crippen LogP contribution in [0.3, 0.4) is 0 Å². The summed E-state index contributed by atoms with van der Waals surface area (Å²) in [6.45, 7) is 0. The molecule has 0 N–H and O–H groups in total. The van der Waals surface area contributed by atoms with E-state index in [-0.39, 0.29) is 1.43 Å². The average molecular weight is 59.1 g/mol. The van der Waals surface area contributed by atoms with E-state index in [9.17, 15) is 0 Å². The maximum atomic E-state index is 1.50. The van der Waals surface area contributed by atoms with E-state index in [4.69, 9.17) is 0 Å². The molecule has 0 amide bonds. The van der Waals surface area contributed by atoms with E-state index in [0.717, 1.165) is 0 Å². The molecule has 0 radical (unpaired) electrons. The second-order valence-electron chi connectivity index (χ2n) is 1.41. The Labute approximate surface area is 28.3 Å². The smallest absolute Gasteiger partial charge is 0 e. The molecule has 0 aromatic heterocycles. The Kier molecular flexibility index (Phi) is 0.422. The molecule has 0 aliphatic heterocycles. The summed E-state index contributed by atoms with van der Waals surface area (Å²) < 4.78 is 0. The van der Waals surface area contributed by atoms with Gasteiger partial charge in [-0.05, 0) is 0 Å². The van der Waals surface area contributed by atoms with Crippen LogP contribution in [0.15, 0.2) is 0 Å². The molecule has 1 saturated carbocycles. The zero-order chi connectivity index (χ0) is 2.83. The first kappa shape index (κ1) is 2.25. The first-order valence-electron chi connectivity index (χ1n) is 2.00. The van der Waals surface area contributed by atoms with E-state index in [2.05, 4.69) is 0 Å². The topological polar surface area (TPSA) is 0 Å². The van der Waals surface area contributed by atoms with E-state index in [1.54, 1.807) is 0 Å². The quantitative estimate of drug-likeness (QED) is 0.399. The van der Waals surface area contributed by atoms with Crippen molar-refractivity contribution < 1.29 is 1.43 Å². The summed E-state index contributed by atoms with van der Waals surface area (Å²) >= 11 is 0. The zero-order valence-electron chi connectivity index (χ0n) is 2.83. The Hall–Kier alpha value is 0. The van der Waals surface area contributed by atoms with E-state index < -0.39 is 0 Å². The van der Waals surface area contributed by atoms with Crippen LogP contribution >= 0.6 is 0 Å². The fourth-order valence-electron chi connectivity index (χ4n) is 0.250. The van der Waals surface area contributed by atoms with Crippen molar-refractivity contribution >= 4 is 0 Å². The predicted molar refractivity (Wildman–Crippen MR) is 20.6 cm³/mol. The molecule has 0 bridgehead atoms. The van der Waals surface area contributed by atoms with Gasteiger partial charge in [0.2, 0.25) is 0 Å². The van der Waals surface area contributed by atoms with Crippen molar-refractivity contribution in [2.24, 2.45) is 0 Å². The van der Waals surface area contributed by atoms with Gasteiger partial charge in [-0.2, -0.15) is 0 Å². The lowest BCUT2D eigenvalue weighted by Gasteiger charge is -2.05. The van der Waals surface area contributed by atoms with Crippen molar-refractivity contribution in [3.63, 3.8) is 0 Å². The van der Waals surface area contributed by atoms with Crippen LogP contribution < -0.4 is 0 Å². The zero-order valence-corrected chi connectivity index (χ0v) is 2.83. The van der Waals surface area contributed by atoms with Gasteiger partial charge in [-0.1, -0.05) is 25.7 Å². The minimum absolute atomic E-state index is 0. The standard InChI is InChI=1S/C4H8.H2/c1-2-4-3-1;/h1-4H2;1H/i;1+1. The molecule has 0 saturated heterocycles. The van der Waals surface area contributed by atoms with Crippen molar-refractivity contribution in [2.45, 2.75) is 25.7 Å². The predicted octanol–water partition coefficient (Wildman–Crippen LogP) is 1.81. The Bertz CT molecular complexity index is 11.6. The molecule has 0 heterocycles. The van der Waals surface area contributed by atoms with Crippen LogP contribution in [-0.4, -0.2) is 0 Å². The van der Waals surface area contributed by atoms with Crippen LogP contribution in [0.5, 0.6) is 0 Å². The van der Waals surface area contributed by atoms with Gasteiger partial charge in [0, 0.05) is 1.43 Å². The number of rotatable bonds is 0. The van der Waals surface area contributed by atoms with Crippen molar-refractivity contribution in [3.8, 4) is 0 Å². The van der Waals surface area contributed by atoms with Crippen LogP contribution in [0, 0.1) is 0 Å². The van der Waals surface area contributed by atoms with Gasteiger partial charge in [-0.25, -0.2) is 0 Å². The lowest BCUT2D eigenvalue weighted by atomic mass is 10.0. The lowest BCUT2D eigenvalue weighted by molar-refractivity contribution is 0.504. The molecule has 1 aliphatic carbocycles. The molecule has 0 aromatic rings. The summed E-state index contributed by atoms with van der Waals surface area (Å²) in [5.74, 6) is 0. The van der Waals surface area contributed by atoms with E-state index in [1.165, 1.54) is 25.7 Å². The monoisotopic (exact) mass is 59.1 g/mol. The third-order valence-electron chi connectivity index (χ3n) is 1.000. The average Bonchev–Trinajstić information content (AvgIpc) is 0.722. The normalized spacial score (nSPS) is 24.0. The highest BCUT2D eigenvalue weighted by Gasteiger charge is 1.95. The molecule has 0 nitrogen and oxygen atoms in total. The number of hydrogen-bond donors (Lipinski definition) is 0. The fourth-order valence-corrected chi connectivity index (χ4v) is 0.250. The highest BCUT2D eigenvalue weighted by atomic mass is 14.0. The Morgan fingerprint density at radius 2 is 1.00 bits per heavy atom. The van der Waals surface area contributed by atoms with Gasteiger partial charge >= 0.3 is 0 Å². The Morgan fingerprint density at radius 3 is 1.00 bits per heavy atom. The molecule has 0 aromatic carbocycles. The molecule has 0 heteroatoms. The molecule has 1 aliphatic rings. The van der Waals surface area contributed by atoms with Crippen molar-refractivity contribution in [1.82, 2.24) is 0 Å². The van der Waals surface area contributed by atoms with Gasteiger partial charge in [0.05, 0.1) is 0 Å². The molecule has 0 spiro atoms. The second-order valence-corrected chi connectivity index (χ2v) is 1.41. The first-order valence-corrected chi connectivity index (χ1v) is 2.00. The maximum absolute atomic E-state index is 1.50. The summed E-state index contributed by atoms with van der Waals surface area (Å²) in [6, 6.07) is 0. The van der Waals surface area contributed by atoms with Crippen LogP contribution in [0.1, 0.15) is 27.1 Å². The van der Waals surface area contributed by atoms with Gasteiger partial charge in [0.15, 0.2) is 0 Å². The van der Waals surface area contributed by atoms with Crippen LogP contribution in [0.25, 0.3) is 0 Å². The van der Waals surface area contributed by atoms with E-state index in [0.29, 0.717) is 0 Å². The molecule has 0 atom stereocenters. The summed E-state index contributed by atoms with van der Waals surface area (Å²) in [5.41, 5.74) is 0. The van der Waals surface area contributed by atoms with Crippen LogP contribution in [-0.2, 0) is 0 Å². The molecule has 4 heavy (non-hydrogen) atoms. The molecular formula is C4H10. The van der Waals surface area contributed by atoms with Crippen LogP contribution in [0.4, 0.5) is 0 Å². The van der Waals surface area contributed by atoms with Gasteiger partial charge in [0.1, 0.15) is 0 Å². The molecular weight excluding hydrogens is 48.0 g/mol. The summed E-state index contributed by atoms with van der Waals surface area (Å²) in [4.78, 5) is 0. The molecule has 0 unspecified atom stereocenters. The molecule has 1 rings (SSSR count). The molecule has 1 fully saturated rings. The molecule has 26 valence electrons. The fraction of sp³-hybridized carbons (Fsp3) is 1.00. The second kappa shape index (κ2) is 0.750. The SMILES string of the molecule is C1CCC1.[2HH]. The summed E-state index contributed by atoms with van der Waals surface area (Å²) in [6.07, 6.45) is 6.00.